The predicted molar refractivity (Wildman–Crippen MR) is 83.5 cm³/mol. The molecular weight excluding hydrogens is 230 g/mol. The van der Waals surface area contributed by atoms with Crippen LogP contribution in [0.15, 0.2) is 30.3 Å². The zero-order chi connectivity index (χ0) is 14.3. The Bertz CT molecular complexity index is 386. The van der Waals surface area contributed by atoms with Crippen LogP contribution in [0.2, 0.25) is 0 Å². The molecule has 2 unspecified atom stereocenters. The molecule has 2 atom stereocenters. The molecule has 1 saturated heterocycles. The third kappa shape index (κ3) is 3.20. The molecule has 106 valence electrons. The van der Waals surface area contributed by atoms with E-state index in [0.717, 1.165) is 0 Å². The maximum atomic E-state index is 2.71. The van der Waals surface area contributed by atoms with Crippen LogP contribution >= 0.6 is 0 Å². The van der Waals surface area contributed by atoms with Crippen LogP contribution < -0.4 is 0 Å². The molecule has 1 heterocycles. The molecule has 0 saturated carbocycles. The van der Waals surface area contributed by atoms with Crippen molar-refractivity contribution < 1.29 is 0 Å². The summed E-state index contributed by atoms with van der Waals surface area (Å²) in [4.78, 5) is 2.71. The molecule has 0 aliphatic carbocycles. The average Bonchev–Trinajstić information content (AvgIpc) is 2.74. The Hall–Kier alpha value is -0.820. The van der Waals surface area contributed by atoms with Gasteiger partial charge in [0, 0.05) is 18.1 Å². The van der Waals surface area contributed by atoms with Crippen LogP contribution in [0.5, 0.6) is 0 Å². The number of rotatable bonds is 1. The summed E-state index contributed by atoms with van der Waals surface area (Å²) in [5, 5.41) is 0. The SMILES string of the molecule is CC(C)(C)C1CC(c2ccccc2)CN1C(C)(C)C. The van der Waals surface area contributed by atoms with Crippen LogP contribution in [0.25, 0.3) is 0 Å². The van der Waals surface area contributed by atoms with Crippen molar-refractivity contribution in [2.45, 2.75) is 65.5 Å². The lowest BCUT2D eigenvalue weighted by molar-refractivity contribution is 0.0579. The molecule has 0 bridgehead atoms. The largest absolute Gasteiger partial charge is 0.294 e. The van der Waals surface area contributed by atoms with Crippen LogP contribution in [0.4, 0.5) is 0 Å². The summed E-state index contributed by atoms with van der Waals surface area (Å²) in [5.41, 5.74) is 2.10. The molecule has 1 heteroatoms. The molecule has 0 N–H and O–H groups in total. The summed E-state index contributed by atoms with van der Waals surface area (Å²) in [6, 6.07) is 11.7. The van der Waals surface area contributed by atoms with Gasteiger partial charge in [-0.3, -0.25) is 4.90 Å². The van der Waals surface area contributed by atoms with E-state index in [9.17, 15) is 0 Å². The Morgan fingerprint density at radius 3 is 1.95 bits per heavy atom. The summed E-state index contributed by atoms with van der Waals surface area (Å²) in [6.45, 7) is 15.4. The van der Waals surface area contributed by atoms with Crippen LogP contribution in [0.3, 0.4) is 0 Å². The van der Waals surface area contributed by atoms with Gasteiger partial charge in [-0.05, 0) is 44.1 Å². The molecule has 1 nitrogen and oxygen atoms in total. The van der Waals surface area contributed by atoms with Crippen molar-refractivity contribution in [1.29, 1.82) is 0 Å². The van der Waals surface area contributed by atoms with E-state index in [0.29, 0.717) is 17.4 Å². The van der Waals surface area contributed by atoms with Crippen molar-refractivity contribution in [3.63, 3.8) is 0 Å². The Morgan fingerprint density at radius 2 is 1.53 bits per heavy atom. The topological polar surface area (TPSA) is 3.24 Å². The fourth-order valence-corrected chi connectivity index (χ4v) is 3.37. The summed E-state index contributed by atoms with van der Waals surface area (Å²) < 4.78 is 0. The van der Waals surface area contributed by atoms with Crippen LogP contribution in [-0.2, 0) is 0 Å². The lowest BCUT2D eigenvalue weighted by Crippen LogP contribution is -2.49. The van der Waals surface area contributed by atoms with Crippen LogP contribution in [0, 0.1) is 5.41 Å². The monoisotopic (exact) mass is 259 g/mol. The molecule has 0 amide bonds. The first-order chi connectivity index (χ1) is 8.69. The molecule has 0 aromatic heterocycles. The average molecular weight is 259 g/mol. The third-order valence-corrected chi connectivity index (χ3v) is 4.43. The minimum absolute atomic E-state index is 0.251. The first-order valence-corrected chi connectivity index (χ1v) is 7.51. The van der Waals surface area contributed by atoms with Gasteiger partial charge in [0.05, 0.1) is 0 Å². The first kappa shape index (κ1) is 14.6. The molecule has 1 aromatic rings. The lowest BCUT2D eigenvalue weighted by Gasteiger charge is -2.43. The molecule has 1 aliphatic heterocycles. The molecule has 0 radical (unpaired) electrons. The maximum absolute atomic E-state index is 2.71. The lowest BCUT2D eigenvalue weighted by atomic mass is 9.81. The molecular formula is C18H29N. The molecule has 2 rings (SSSR count). The number of likely N-dealkylation sites (tertiary alicyclic amines) is 1. The number of hydrogen-bond acceptors (Lipinski definition) is 1. The minimum atomic E-state index is 0.251. The van der Waals surface area contributed by atoms with Crippen molar-refractivity contribution >= 4 is 0 Å². The van der Waals surface area contributed by atoms with E-state index in [2.05, 4.69) is 76.8 Å². The number of hydrogen-bond donors (Lipinski definition) is 0. The van der Waals surface area contributed by atoms with E-state index in [1.54, 1.807) is 0 Å². The Morgan fingerprint density at radius 1 is 0.947 bits per heavy atom. The van der Waals surface area contributed by atoms with E-state index in [1.807, 2.05) is 0 Å². The second kappa shape index (κ2) is 4.94. The highest BCUT2D eigenvalue weighted by Gasteiger charge is 2.43. The number of benzene rings is 1. The van der Waals surface area contributed by atoms with E-state index in [-0.39, 0.29) is 5.54 Å². The third-order valence-electron chi connectivity index (χ3n) is 4.43. The van der Waals surface area contributed by atoms with E-state index in [4.69, 9.17) is 0 Å². The smallest absolute Gasteiger partial charge is 0.0155 e. The highest BCUT2D eigenvalue weighted by Crippen LogP contribution is 2.42. The normalized spacial score (nSPS) is 25.8. The standard InChI is InChI=1S/C18H29N/c1-17(2,3)16-12-15(13-19(16)18(4,5)6)14-10-8-7-9-11-14/h7-11,15-16H,12-13H2,1-6H3. The van der Waals surface area contributed by atoms with Crippen molar-refractivity contribution in [2.24, 2.45) is 5.41 Å². The Kier molecular flexibility index (Phi) is 3.79. The van der Waals surface area contributed by atoms with Gasteiger partial charge in [-0.1, -0.05) is 51.1 Å². The second-order valence-corrected chi connectivity index (χ2v) is 8.05. The van der Waals surface area contributed by atoms with Gasteiger partial charge in [0.15, 0.2) is 0 Å². The zero-order valence-electron chi connectivity index (χ0n) is 13.4. The van der Waals surface area contributed by atoms with Crippen molar-refractivity contribution in [3.05, 3.63) is 35.9 Å². The van der Waals surface area contributed by atoms with Crippen LogP contribution in [-0.4, -0.2) is 23.0 Å². The van der Waals surface area contributed by atoms with Gasteiger partial charge in [-0.15, -0.1) is 0 Å². The molecule has 1 fully saturated rings. The summed E-state index contributed by atoms with van der Waals surface area (Å²) in [5.74, 6) is 0.685. The van der Waals surface area contributed by atoms with E-state index in [1.165, 1.54) is 18.5 Å². The van der Waals surface area contributed by atoms with Gasteiger partial charge in [0.25, 0.3) is 0 Å². The second-order valence-electron chi connectivity index (χ2n) is 8.05. The molecule has 0 spiro atoms. The van der Waals surface area contributed by atoms with Gasteiger partial charge in [0.1, 0.15) is 0 Å². The summed E-state index contributed by atoms with van der Waals surface area (Å²) >= 11 is 0. The number of nitrogens with zero attached hydrogens (tertiary/aromatic N) is 1. The van der Waals surface area contributed by atoms with Crippen molar-refractivity contribution in [1.82, 2.24) is 4.90 Å². The fourth-order valence-electron chi connectivity index (χ4n) is 3.37. The van der Waals surface area contributed by atoms with Gasteiger partial charge >= 0.3 is 0 Å². The van der Waals surface area contributed by atoms with E-state index < -0.39 is 0 Å². The van der Waals surface area contributed by atoms with Crippen LogP contribution in [0.1, 0.15) is 59.4 Å². The van der Waals surface area contributed by atoms with E-state index >= 15 is 0 Å². The molecule has 1 aromatic carbocycles. The summed E-state index contributed by atoms with van der Waals surface area (Å²) in [6.07, 6.45) is 1.28. The van der Waals surface area contributed by atoms with Gasteiger partial charge in [-0.2, -0.15) is 0 Å². The van der Waals surface area contributed by atoms with Crippen molar-refractivity contribution in [3.8, 4) is 0 Å². The Labute approximate surface area is 119 Å². The van der Waals surface area contributed by atoms with Gasteiger partial charge in [0.2, 0.25) is 0 Å². The van der Waals surface area contributed by atoms with Gasteiger partial charge < -0.3 is 0 Å². The fraction of sp³-hybridized carbons (Fsp3) is 0.667. The minimum Gasteiger partial charge on any atom is -0.294 e. The first-order valence-electron chi connectivity index (χ1n) is 7.51. The maximum Gasteiger partial charge on any atom is 0.0155 e. The van der Waals surface area contributed by atoms with Gasteiger partial charge in [-0.25, -0.2) is 0 Å². The summed E-state index contributed by atoms with van der Waals surface area (Å²) in [7, 11) is 0. The highest BCUT2D eigenvalue weighted by molar-refractivity contribution is 5.22. The van der Waals surface area contributed by atoms with Crippen molar-refractivity contribution in [2.75, 3.05) is 6.54 Å². The predicted octanol–water partition coefficient (Wildman–Crippen LogP) is 4.69. The highest BCUT2D eigenvalue weighted by atomic mass is 15.2. The quantitative estimate of drug-likeness (QED) is 0.707. The Balaban J connectivity index is 2.26. The molecule has 1 aliphatic rings. The zero-order valence-corrected chi connectivity index (χ0v) is 13.4. The molecule has 19 heavy (non-hydrogen) atoms.